The van der Waals surface area contributed by atoms with Crippen molar-refractivity contribution in [3.63, 3.8) is 0 Å². The Balaban J connectivity index is 2.98. The number of aromatic amines is 1. The van der Waals surface area contributed by atoms with Gasteiger partial charge in [-0.15, -0.1) is 0 Å². The van der Waals surface area contributed by atoms with E-state index in [4.69, 9.17) is 0 Å². The number of rotatable bonds is 1. The van der Waals surface area contributed by atoms with Crippen LogP contribution >= 0.6 is 0 Å². The first-order chi connectivity index (χ1) is 4.20. The van der Waals surface area contributed by atoms with Gasteiger partial charge in [-0.25, -0.2) is 0 Å². The van der Waals surface area contributed by atoms with E-state index >= 15 is 0 Å². The predicted molar refractivity (Wildman–Crippen MR) is 29.9 cm³/mol. The highest BCUT2D eigenvalue weighted by Gasteiger charge is 1.92. The summed E-state index contributed by atoms with van der Waals surface area (Å²) in [5, 5.41) is 10.1. The van der Waals surface area contributed by atoms with Gasteiger partial charge in [-0.2, -0.15) is 0 Å². The Labute approximate surface area is 52.3 Å². The van der Waals surface area contributed by atoms with Crippen molar-refractivity contribution in [3.05, 3.63) is 23.5 Å². The van der Waals surface area contributed by atoms with E-state index < -0.39 is 5.97 Å². The fourth-order valence-electron chi connectivity index (χ4n) is 0.626. The lowest BCUT2D eigenvalue weighted by Crippen LogP contribution is -2.21. The molecule has 0 aliphatic carbocycles. The van der Waals surface area contributed by atoms with E-state index in [9.17, 15) is 9.90 Å². The summed E-state index contributed by atoms with van der Waals surface area (Å²) >= 11 is 0. The molecule has 1 aromatic rings. The molecule has 0 amide bonds. The number of carbonyl (C=O) groups excluding carboxylic acids is 1. The average molecular weight is 124 g/mol. The highest BCUT2D eigenvalue weighted by molar-refractivity contribution is 5.85. The van der Waals surface area contributed by atoms with E-state index in [1.54, 1.807) is 6.92 Å². The lowest BCUT2D eigenvalue weighted by atomic mass is 10.3. The molecule has 0 spiro atoms. The van der Waals surface area contributed by atoms with Gasteiger partial charge in [-0.05, 0) is 13.0 Å². The van der Waals surface area contributed by atoms with Crippen molar-refractivity contribution >= 4 is 5.97 Å². The number of nitrogens with one attached hydrogen (secondary N) is 1. The molecule has 1 rings (SSSR count). The van der Waals surface area contributed by atoms with Crippen LogP contribution in [-0.2, 0) is 0 Å². The zero-order valence-corrected chi connectivity index (χ0v) is 4.97. The number of H-pyrrole nitrogens is 1. The third-order valence-electron chi connectivity index (χ3n) is 1.06. The van der Waals surface area contributed by atoms with Gasteiger partial charge in [0.15, 0.2) is 0 Å². The van der Waals surface area contributed by atoms with Crippen molar-refractivity contribution in [2.24, 2.45) is 0 Å². The van der Waals surface area contributed by atoms with E-state index in [-0.39, 0.29) is 5.56 Å². The highest BCUT2D eigenvalue weighted by Crippen LogP contribution is 1.98. The van der Waals surface area contributed by atoms with Gasteiger partial charge >= 0.3 is 0 Å². The Kier molecular flexibility index (Phi) is 1.26. The van der Waals surface area contributed by atoms with E-state index in [0.717, 1.165) is 5.69 Å². The molecule has 0 aliphatic heterocycles. The van der Waals surface area contributed by atoms with Crippen LogP contribution in [0.25, 0.3) is 0 Å². The largest absolute Gasteiger partial charge is 0.545 e. The highest BCUT2D eigenvalue weighted by atomic mass is 16.4. The molecule has 0 saturated heterocycles. The van der Waals surface area contributed by atoms with Gasteiger partial charge in [-0.3, -0.25) is 0 Å². The average Bonchev–Trinajstić information content (AvgIpc) is 2.14. The standard InChI is InChI=1S/C6H7NO2/c1-4-2-5(3-7-4)6(8)9/h2-3,7H,1H3,(H,8,9)/p-1. The molecule has 0 aromatic carbocycles. The summed E-state index contributed by atoms with van der Waals surface area (Å²) in [5.74, 6) is -1.14. The van der Waals surface area contributed by atoms with Crippen molar-refractivity contribution < 1.29 is 9.90 Å². The van der Waals surface area contributed by atoms with Gasteiger partial charge in [0.1, 0.15) is 0 Å². The molecule has 3 heteroatoms. The first kappa shape index (κ1) is 5.88. The fraction of sp³-hybridized carbons (Fsp3) is 0.167. The van der Waals surface area contributed by atoms with Gasteiger partial charge in [0.25, 0.3) is 0 Å². The van der Waals surface area contributed by atoms with Crippen molar-refractivity contribution in [3.8, 4) is 0 Å². The van der Waals surface area contributed by atoms with Crippen LogP contribution in [0, 0.1) is 6.92 Å². The van der Waals surface area contributed by atoms with Crippen LogP contribution in [0.3, 0.4) is 0 Å². The molecule has 9 heavy (non-hydrogen) atoms. The first-order valence-corrected chi connectivity index (χ1v) is 2.56. The molecule has 1 heterocycles. The van der Waals surface area contributed by atoms with Crippen LogP contribution in [0.1, 0.15) is 16.1 Å². The Morgan fingerprint density at radius 3 is 2.67 bits per heavy atom. The lowest BCUT2D eigenvalue weighted by molar-refractivity contribution is -0.255. The number of hydrogen-bond acceptors (Lipinski definition) is 2. The van der Waals surface area contributed by atoms with E-state index in [2.05, 4.69) is 4.98 Å². The van der Waals surface area contributed by atoms with Crippen LogP contribution in [0.5, 0.6) is 0 Å². The van der Waals surface area contributed by atoms with Crippen LogP contribution in [0.2, 0.25) is 0 Å². The summed E-state index contributed by atoms with van der Waals surface area (Å²) < 4.78 is 0. The lowest BCUT2D eigenvalue weighted by Gasteiger charge is -1.92. The molecule has 0 aliphatic rings. The SMILES string of the molecule is Cc1cc(C(=O)[O-])c[nH]1. The molecule has 1 N–H and O–H groups in total. The molecule has 0 saturated carbocycles. The van der Waals surface area contributed by atoms with E-state index in [1.807, 2.05) is 0 Å². The monoisotopic (exact) mass is 124 g/mol. The molecule has 0 radical (unpaired) electrons. The van der Waals surface area contributed by atoms with Crippen molar-refractivity contribution in [1.29, 1.82) is 0 Å². The van der Waals surface area contributed by atoms with E-state index in [1.165, 1.54) is 12.3 Å². The maximum absolute atomic E-state index is 10.1. The number of carbonyl (C=O) groups is 1. The third-order valence-corrected chi connectivity index (χ3v) is 1.06. The summed E-state index contributed by atoms with van der Waals surface area (Å²) in [7, 11) is 0. The predicted octanol–water partition coefficient (Wildman–Crippen LogP) is -0.313. The second kappa shape index (κ2) is 1.93. The number of carboxylic acids is 1. The maximum Gasteiger partial charge on any atom is 0.0730 e. The van der Waals surface area contributed by atoms with Crippen molar-refractivity contribution in [1.82, 2.24) is 4.98 Å². The molecule has 3 nitrogen and oxygen atoms in total. The number of hydrogen-bond donors (Lipinski definition) is 1. The topological polar surface area (TPSA) is 55.9 Å². The number of aromatic nitrogens is 1. The Bertz CT molecular complexity index is 227. The molecule has 0 atom stereocenters. The Hall–Kier alpha value is -1.25. The summed E-state index contributed by atoms with van der Waals surface area (Å²) in [6.07, 6.45) is 1.41. The van der Waals surface area contributed by atoms with Crippen molar-refractivity contribution in [2.75, 3.05) is 0 Å². The quantitative estimate of drug-likeness (QED) is 0.558. The zero-order chi connectivity index (χ0) is 6.85. The minimum atomic E-state index is -1.14. The van der Waals surface area contributed by atoms with Crippen LogP contribution in [0.15, 0.2) is 12.3 Å². The third kappa shape index (κ3) is 1.10. The minimum Gasteiger partial charge on any atom is -0.545 e. The van der Waals surface area contributed by atoms with Gasteiger partial charge in [-0.1, -0.05) is 0 Å². The first-order valence-electron chi connectivity index (χ1n) is 2.56. The van der Waals surface area contributed by atoms with E-state index in [0.29, 0.717) is 0 Å². The van der Waals surface area contributed by atoms with Gasteiger partial charge in [0.2, 0.25) is 0 Å². The second-order valence-electron chi connectivity index (χ2n) is 1.86. The zero-order valence-electron chi connectivity index (χ0n) is 4.97. The maximum atomic E-state index is 10.1. The summed E-state index contributed by atoms with van der Waals surface area (Å²) in [6, 6.07) is 1.52. The van der Waals surface area contributed by atoms with Crippen LogP contribution < -0.4 is 5.11 Å². The summed E-state index contributed by atoms with van der Waals surface area (Å²) in [5.41, 5.74) is 1.03. The van der Waals surface area contributed by atoms with Gasteiger partial charge in [0, 0.05) is 17.5 Å². The van der Waals surface area contributed by atoms with Crippen LogP contribution in [0.4, 0.5) is 0 Å². The summed E-state index contributed by atoms with van der Waals surface area (Å²) in [4.78, 5) is 12.8. The Morgan fingerprint density at radius 1 is 1.78 bits per heavy atom. The fourth-order valence-corrected chi connectivity index (χ4v) is 0.626. The molecule has 0 bridgehead atoms. The second-order valence-corrected chi connectivity index (χ2v) is 1.86. The minimum absolute atomic E-state index is 0.201. The van der Waals surface area contributed by atoms with Crippen LogP contribution in [-0.4, -0.2) is 11.0 Å². The van der Waals surface area contributed by atoms with Crippen molar-refractivity contribution in [2.45, 2.75) is 6.92 Å². The molecule has 0 unspecified atom stereocenters. The smallest absolute Gasteiger partial charge is 0.0730 e. The molecule has 0 fully saturated rings. The normalized spacial score (nSPS) is 9.44. The summed E-state index contributed by atoms with van der Waals surface area (Å²) in [6.45, 7) is 1.78. The number of aryl methyl sites for hydroxylation is 1. The molecular formula is C6H6NO2-. The number of carboxylic acid groups (broad SMARTS) is 1. The molecular weight excluding hydrogens is 118 g/mol. The Morgan fingerprint density at radius 2 is 2.44 bits per heavy atom. The van der Waals surface area contributed by atoms with Gasteiger partial charge < -0.3 is 14.9 Å². The van der Waals surface area contributed by atoms with Gasteiger partial charge in [0.05, 0.1) is 5.97 Å². The molecule has 48 valence electrons. The number of aromatic carboxylic acids is 1. The molecule has 1 aromatic heterocycles.